The van der Waals surface area contributed by atoms with Crippen molar-refractivity contribution in [3.05, 3.63) is 23.5 Å². The number of carbonyl (C=O) groups excluding carboxylic acids is 1. The highest BCUT2D eigenvalue weighted by Crippen LogP contribution is 2.31. The summed E-state index contributed by atoms with van der Waals surface area (Å²) < 4.78 is 36.8. The molecule has 78 valence electrons. The Bertz CT molecular complexity index is 451. The standard InChI is InChI=1S/C9H5F3N2O/c10-9(11,12)7-2-1-5-8(14-7)6(15)3-4-13-5/h1-2,4H,3H2. The van der Waals surface area contributed by atoms with Gasteiger partial charge in [-0.3, -0.25) is 9.79 Å². The summed E-state index contributed by atoms with van der Waals surface area (Å²) in [5, 5.41) is 0. The molecular weight excluding hydrogens is 209 g/mol. The summed E-state index contributed by atoms with van der Waals surface area (Å²) in [7, 11) is 0. The van der Waals surface area contributed by atoms with Crippen LogP contribution in [-0.2, 0) is 6.18 Å². The van der Waals surface area contributed by atoms with Crippen molar-refractivity contribution in [2.45, 2.75) is 12.6 Å². The summed E-state index contributed by atoms with van der Waals surface area (Å²) in [5.74, 6) is -0.439. The third-order valence-corrected chi connectivity index (χ3v) is 1.94. The molecular formula is C9H5F3N2O. The predicted octanol–water partition coefficient (Wildman–Crippen LogP) is 2.39. The largest absolute Gasteiger partial charge is 0.433 e. The molecule has 0 atom stereocenters. The van der Waals surface area contributed by atoms with Crippen molar-refractivity contribution in [1.82, 2.24) is 4.98 Å². The lowest BCUT2D eigenvalue weighted by atomic mass is 10.1. The molecule has 0 aromatic carbocycles. The van der Waals surface area contributed by atoms with Gasteiger partial charge in [0.05, 0.1) is 5.69 Å². The minimum Gasteiger partial charge on any atom is -0.292 e. The van der Waals surface area contributed by atoms with E-state index in [9.17, 15) is 18.0 Å². The zero-order valence-corrected chi connectivity index (χ0v) is 7.38. The number of pyridine rings is 1. The molecule has 0 fully saturated rings. The highest BCUT2D eigenvalue weighted by atomic mass is 19.4. The number of hydrogen-bond acceptors (Lipinski definition) is 3. The minimum atomic E-state index is -4.53. The van der Waals surface area contributed by atoms with E-state index >= 15 is 0 Å². The van der Waals surface area contributed by atoms with Gasteiger partial charge in [0, 0.05) is 12.6 Å². The fourth-order valence-electron chi connectivity index (χ4n) is 1.24. The third kappa shape index (κ3) is 1.74. The second-order valence-corrected chi connectivity index (χ2v) is 3.00. The highest BCUT2D eigenvalue weighted by molar-refractivity contribution is 6.08. The van der Waals surface area contributed by atoms with Crippen molar-refractivity contribution in [2.75, 3.05) is 0 Å². The van der Waals surface area contributed by atoms with Crippen LogP contribution in [0.2, 0.25) is 0 Å². The smallest absolute Gasteiger partial charge is 0.292 e. The number of Topliss-reactive ketones (excluding diaryl/α,β-unsaturated/α-hetero) is 1. The lowest BCUT2D eigenvalue weighted by Gasteiger charge is -2.11. The summed E-state index contributed by atoms with van der Waals surface area (Å²) in [6.07, 6.45) is -3.17. The Morgan fingerprint density at radius 3 is 2.67 bits per heavy atom. The van der Waals surface area contributed by atoms with Gasteiger partial charge in [-0.2, -0.15) is 13.2 Å². The fraction of sp³-hybridized carbons (Fsp3) is 0.222. The van der Waals surface area contributed by atoms with Crippen LogP contribution in [0.4, 0.5) is 18.9 Å². The van der Waals surface area contributed by atoms with Crippen LogP contribution in [-0.4, -0.2) is 17.0 Å². The Labute approximate surface area is 82.7 Å². The minimum absolute atomic E-state index is 0.00130. The summed E-state index contributed by atoms with van der Waals surface area (Å²) >= 11 is 0. The van der Waals surface area contributed by atoms with E-state index in [-0.39, 0.29) is 17.8 Å². The first kappa shape index (κ1) is 9.82. The summed E-state index contributed by atoms with van der Waals surface area (Å²) in [4.78, 5) is 18.3. The van der Waals surface area contributed by atoms with Crippen LogP contribution in [0.5, 0.6) is 0 Å². The Morgan fingerprint density at radius 2 is 2.00 bits per heavy atom. The van der Waals surface area contributed by atoms with Crippen LogP contribution in [0.1, 0.15) is 22.6 Å². The molecule has 0 spiro atoms. The zero-order valence-electron chi connectivity index (χ0n) is 7.38. The van der Waals surface area contributed by atoms with Gasteiger partial charge in [-0.05, 0) is 12.1 Å². The van der Waals surface area contributed by atoms with E-state index in [1.54, 1.807) is 0 Å². The summed E-state index contributed by atoms with van der Waals surface area (Å²) in [5.41, 5.74) is -1.07. The molecule has 15 heavy (non-hydrogen) atoms. The van der Waals surface area contributed by atoms with Crippen molar-refractivity contribution >= 4 is 17.7 Å². The van der Waals surface area contributed by atoms with Gasteiger partial charge in [0.25, 0.3) is 0 Å². The van der Waals surface area contributed by atoms with Crippen LogP contribution in [0.25, 0.3) is 0 Å². The van der Waals surface area contributed by atoms with Gasteiger partial charge in [0.1, 0.15) is 11.4 Å². The van der Waals surface area contributed by atoms with E-state index in [0.29, 0.717) is 0 Å². The van der Waals surface area contributed by atoms with Crippen LogP contribution < -0.4 is 0 Å². The maximum Gasteiger partial charge on any atom is 0.433 e. The lowest BCUT2D eigenvalue weighted by Crippen LogP contribution is -2.14. The SMILES string of the molecule is O=C1CC=Nc2ccc(C(F)(F)F)nc21. The molecule has 1 aromatic heterocycles. The molecule has 0 N–H and O–H groups in total. The van der Waals surface area contributed by atoms with Gasteiger partial charge < -0.3 is 0 Å². The van der Waals surface area contributed by atoms with E-state index in [2.05, 4.69) is 9.98 Å². The van der Waals surface area contributed by atoms with E-state index in [1.165, 1.54) is 6.21 Å². The number of fused-ring (bicyclic) bond motifs is 1. The van der Waals surface area contributed by atoms with Gasteiger partial charge in [0.2, 0.25) is 0 Å². The number of aliphatic imine (C=N–C) groups is 1. The first-order valence-electron chi connectivity index (χ1n) is 4.12. The van der Waals surface area contributed by atoms with Crippen molar-refractivity contribution in [2.24, 2.45) is 4.99 Å². The monoisotopic (exact) mass is 214 g/mol. The number of ketones is 1. The molecule has 6 heteroatoms. The zero-order chi connectivity index (χ0) is 11.1. The summed E-state index contributed by atoms with van der Waals surface area (Å²) in [6.45, 7) is 0. The molecule has 1 aliphatic rings. The van der Waals surface area contributed by atoms with Crippen LogP contribution in [0.15, 0.2) is 17.1 Å². The van der Waals surface area contributed by atoms with Gasteiger partial charge in [0.15, 0.2) is 5.78 Å². The van der Waals surface area contributed by atoms with Gasteiger partial charge >= 0.3 is 6.18 Å². The van der Waals surface area contributed by atoms with Crippen LogP contribution in [0, 0.1) is 0 Å². The van der Waals surface area contributed by atoms with E-state index in [0.717, 1.165) is 12.1 Å². The molecule has 1 aliphatic heterocycles. The van der Waals surface area contributed by atoms with Crippen molar-refractivity contribution in [3.8, 4) is 0 Å². The molecule has 0 aliphatic carbocycles. The number of halogens is 3. The molecule has 2 heterocycles. The lowest BCUT2D eigenvalue weighted by molar-refractivity contribution is -0.141. The summed E-state index contributed by atoms with van der Waals surface area (Å²) in [6, 6.07) is 1.97. The Balaban J connectivity index is 2.54. The molecule has 0 saturated heterocycles. The van der Waals surface area contributed by atoms with Crippen LogP contribution in [0.3, 0.4) is 0 Å². The molecule has 2 rings (SSSR count). The van der Waals surface area contributed by atoms with Gasteiger partial charge in [-0.25, -0.2) is 4.98 Å². The average Bonchev–Trinajstić information content (AvgIpc) is 2.16. The highest BCUT2D eigenvalue weighted by Gasteiger charge is 2.33. The number of alkyl halides is 3. The fourth-order valence-corrected chi connectivity index (χ4v) is 1.24. The Morgan fingerprint density at radius 1 is 1.27 bits per heavy atom. The first-order chi connectivity index (χ1) is 6.98. The van der Waals surface area contributed by atoms with Gasteiger partial charge in [-0.1, -0.05) is 0 Å². The topological polar surface area (TPSA) is 42.3 Å². The number of carbonyl (C=O) groups is 1. The van der Waals surface area contributed by atoms with E-state index < -0.39 is 17.7 Å². The van der Waals surface area contributed by atoms with E-state index in [1.807, 2.05) is 0 Å². The van der Waals surface area contributed by atoms with Crippen LogP contribution >= 0.6 is 0 Å². The number of nitrogens with zero attached hydrogens (tertiary/aromatic N) is 2. The van der Waals surface area contributed by atoms with Crippen molar-refractivity contribution in [3.63, 3.8) is 0 Å². The second-order valence-electron chi connectivity index (χ2n) is 3.00. The Kier molecular flexibility index (Phi) is 2.06. The van der Waals surface area contributed by atoms with Crippen molar-refractivity contribution < 1.29 is 18.0 Å². The second kappa shape index (κ2) is 3.15. The number of rotatable bonds is 0. The molecule has 1 aromatic rings. The van der Waals surface area contributed by atoms with Gasteiger partial charge in [-0.15, -0.1) is 0 Å². The number of aromatic nitrogens is 1. The molecule has 0 unspecified atom stereocenters. The molecule has 0 saturated carbocycles. The predicted molar refractivity (Wildman–Crippen MR) is 46.3 cm³/mol. The van der Waals surface area contributed by atoms with E-state index in [4.69, 9.17) is 0 Å². The normalized spacial score (nSPS) is 15.3. The maximum atomic E-state index is 12.3. The quantitative estimate of drug-likeness (QED) is 0.665. The van der Waals surface area contributed by atoms with Crippen molar-refractivity contribution in [1.29, 1.82) is 0 Å². The molecule has 3 nitrogen and oxygen atoms in total. The molecule has 0 bridgehead atoms. The first-order valence-corrected chi connectivity index (χ1v) is 4.12. The maximum absolute atomic E-state index is 12.3. The Hall–Kier alpha value is -1.72. The number of hydrogen-bond donors (Lipinski definition) is 0. The molecule has 0 amide bonds. The molecule has 0 radical (unpaired) electrons. The average molecular weight is 214 g/mol. The third-order valence-electron chi connectivity index (χ3n) is 1.94.